The highest BCUT2D eigenvalue weighted by atomic mass is 31.0. The van der Waals surface area contributed by atoms with Crippen molar-refractivity contribution in [1.82, 2.24) is 0 Å². The standard InChI is InChI=1S/C20H21F3N3O2P/c1-11-8-16(27)26-15-7-3-6-14(17(15)24-11)18(28)25-13-5-2-4-12(9-13)10-20(22,23)19(21)29/h2-7,9,11,19,24H,8,10,29H2,1H3,(H,25,28)(H,26,27). The van der Waals surface area contributed by atoms with E-state index in [1.54, 1.807) is 24.3 Å². The molecule has 1 heterocycles. The van der Waals surface area contributed by atoms with Gasteiger partial charge in [-0.25, -0.2) is 13.2 Å². The molecule has 0 saturated heterocycles. The van der Waals surface area contributed by atoms with Gasteiger partial charge in [0.25, 0.3) is 11.8 Å². The largest absolute Gasteiger partial charge is 0.380 e. The second-order valence-electron chi connectivity index (χ2n) is 7.02. The van der Waals surface area contributed by atoms with E-state index in [1.807, 2.05) is 6.92 Å². The van der Waals surface area contributed by atoms with Gasteiger partial charge in [0.2, 0.25) is 5.91 Å². The lowest BCUT2D eigenvalue weighted by Gasteiger charge is -2.18. The van der Waals surface area contributed by atoms with Crippen molar-refractivity contribution in [1.29, 1.82) is 0 Å². The molecule has 0 aliphatic carbocycles. The lowest BCUT2D eigenvalue weighted by atomic mass is 10.1. The molecule has 0 spiro atoms. The number of fused-ring (bicyclic) bond motifs is 1. The first-order chi connectivity index (χ1) is 13.7. The highest BCUT2D eigenvalue weighted by molar-refractivity contribution is 7.17. The summed E-state index contributed by atoms with van der Waals surface area (Å²) in [6.45, 7) is 1.83. The minimum Gasteiger partial charge on any atom is -0.380 e. The summed E-state index contributed by atoms with van der Waals surface area (Å²) in [5.41, 5.74) is 1.81. The van der Waals surface area contributed by atoms with Crippen LogP contribution in [0.2, 0.25) is 0 Å². The van der Waals surface area contributed by atoms with Crippen LogP contribution in [0.3, 0.4) is 0 Å². The number of hydrogen-bond donors (Lipinski definition) is 3. The molecule has 2 aromatic carbocycles. The number of rotatable bonds is 5. The Bertz CT molecular complexity index is 937. The van der Waals surface area contributed by atoms with E-state index < -0.39 is 24.2 Å². The van der Waals surface area contributed by atoms with E-state index in [-0.39, 0.29) is 23.9 Å². The fraction of sp³-hybridized carbons (Fsp3) is 0.300. The summed E-state index contributed by atoms with van der Waals surface area (Å²) in [6, 6.07) is 10.7. The topological polar surface area (TPSA) is 70.2 Å². The molecular formula is C20H21F3N3O2P. The molecule has 3 rings (SSSR count). The van der Waals surface area contributed by atoms with Crippen LogP contribution < -0.4 is 16.0 Å². The Hall–Kier alpha value is -2.60. The maximum absolute atomic E-state index is 13.7. The quantitative estimate of drug-likeness (QED) is 0.624. The first kappa shape index (κ1) is 21.1. The van der Waals surface area contributed by atoms with Gasteiger partial charge in [-0.05, 0) is 36.8 Å². The average Bonchev–Trinajstić information content (AvgIpc) is 2.77. The molecule has 2 aromatic rings. The number of anilines is 3. The molecule has 0 radical (unpaired) electrons. The number of amides is 2. The zero-order valence-corrected chi connectivity index (χ0v) is 16.8. The molecule has 154 valence electrons. The minimum absolute atomic E-state index is 0.157. The van der Waals surface area contributed by atoms with Crippen LogP contribution >= 0.6 is 9.24 Å². The van der Waals surface area contributed by atoms with Crippen LogP contribution in [0, 0.1) is 0 Å². The maximum atomic E-state index is 13.7. The van der Waals surface area contributed by atoms with Gasteiger partial charge < -0.3 is 16.0 Å². The molecule has 0 fully saturated rings. The van der Waals surface area contributed by atoms with Gasteiger partial charge in [-0.15, -0.1) is 0 Å². The Balaban J connectivity index is 1.82. The number of benzene rings is 2. The Kier molecular flexibility index (Phi) is 6.13. The zero-order chi connectivity index (χ0) is 21.2. The highest BCUT2D eigenvalue weighted by Gasteiger charge is 2.37. The molecule has 2 amide bonds. The first-order valence-corrected chi connectivity index (χ1v) is 9.69. The zero-order valence-electron chi connectivity index (χ0n) is 15.6. The second-order valence-corrected chi connectivity index (χ2v) is 7.61. The summed E-state index contributed by atoms with van der Waals surface area (Å²) in [6.07, 6.45) is -0.523. The summed E-state index contributed by atoms with van der Waals surface area (Å²) >= 11 is 0. The molecule has 29 heavy (non-hydrogen) atoms. The van der Waals surface area contributed by atoms with E-state index in [4.69, 9.17) is 0 Å². The van der Waals surface area contributed by atoms with Gasteiger partial charge in [0.05, 0.1) is 16.9 Å². The fourth-order valence-electron chi connectivity index (χ4n) is 3.11. The number of nitrogens with one attached hydrogen (secondary N) is 3. The molecule has 0 aromatic heterocycles. The van der Waals surface area contributed by atoms with Crippen LogP contribution in [0.15, 0.2) is 42.5 Å². The van der Waals surface area contributed by atoms with Crippen molar-refractivity contribution in [2.24, 2.45) is 0 Å². The van der Waals surface area contributed by atoms with E-state index in [0.29, 0.717) is 22.6 Å². The smallest absolute Gasteiger partial charge is 0.285 e. The highest BCUT2D eigenvalue weighted by Crippen LogP contribution is 2.32. The van der Waals surface area contributed by atoms with Crippen molar-refractivity contribution >= 4 is 38.1 Å². The third kappa shape index (κ3) is 5.07. The second kappa shape index (κ2) is 8.41. The number of carbonyl (C=O) groups excluding carboxylic acids is 2. The molecule has 0 bridgehead atoms. The van der Waals surface area contributed by atoms with Gasteiger partial charge in [0, 0.05) is 24.6 Å². The van der Waals surface area contributed by atoms with Crippen molar-refractivity contribution in [3.05, 3.63) is 53.6 Å². The van der Waals surface area contributed by atoms with Gasteiger partial charge in [-0.2, -0.15) is 0 Å². The average molecular weight is 423 g/mol. The number of alkyl halides is 3. The molecule has 3 atom stereocenters. The Morgan fingerprint density at radius 1 is 1.31 bits per heavy atom. The number of hydrogen-bond acceptors (Lipinski definition) is 3. The van der Waals surface area contributed by atoms with Crippen LogP contribution in [0.25, 0.3) is 0 Å². The van der Waals surface area contributed by atoms with Crippen molar-refractivity contribution in [2.75, 3.05) is 16.0 Å². The monoisotopic (exact) mass is 423 g/mol. The summed E-state index contributed by atoms with van der Waals surface area (Å²) < 4.78 is 40.4. The summed E-state index contributed by atoms with van der Waals surface area (Å²) in [4.78, 5) is 24.7. The van der Waals surface area contributed by atoms with Crippen molar-refractivity contribution in [2.45, 2.75) is 37.6 Å². The number of para-hydroxylation sites is 1. The molecule has 5 nitrogen and oxygen atoms in total. The fourth-order valence-corrected chi connectivity index (χ4v) is 3.22. The lowest BCUT2D eigenvalue weighted by Crippen LogP contribution is -2.28. The minimum atomic E-state index is -3.53. The summed E-state index contributed by atoms with van der Waals surface area (Å²) in [7, 11) is 1.46. The first-order valence-electron chi connectivity index (χ1n) is 9.03. The van der Waals surface area contributed by atoms with Crippen molar-refractivity contribution < 1.29 is 22.8 Å². The molecular weight excluding hydrogens is 402 g/mol. The number of halogens is 3. The Labute approximate surface area is 168 Å². The summed E-state index contributed by atoms with van der Waals surface area (Å²) in [5.74, 6) is -6.50. The molecule has 1 aliphatic rings. The number of carbonyl (C=O) groups is 2. The van der Waals surface area contributed by atoms with Crippen LogP contribution in [0.5, 0.6) is 0 Å². The normalized spacial score (nSPS) is 17.4. The lowest BCUT2D eigenvalue weighted by molar-refractivity contribution is -0.116. The van der Waals surface area contributed by atoms with Crippen LogP contribution in [-0.2, 0) is 11.2 Å². The predicted molar refractivity (Wildman–Crippen MR) is 110 cm³/mol. The van der Waals surface area contributed by atoms with Gasteiger partial charge >= 0.3 is 0 Å². The van der Waals surface area contributed by atoms with Gasteiger partial charge in [-0.1, -0.05) is 27.4 Å². The van der Waals surface area contributed by atoms with Crippen LogP contribution in [-0.4, -0.2) is 29.7 Å². The molecule has 1 aliphatic heterocycles. The third-order valence-corrected chi connectivity index (χ3v) is 4.98. The third-order valence-electron chi connectivity index (χ3n) is 4.49. The van der Waals surface area contributed by atoms with Gasteiger partial charge in [0.1, 0.15) is 0 Å². The van der Waals surface area contributed by atoms with Crippen molar-refractivity contribution in [3.63, 3.8) is 0 Å². The van der Waals surface area contributed by atoms with Gasteiger partial charge in [0.15, 0.2) is 5.91 Å². The molecule has 3 unspecified atom stereocenters. The van der Waals surface area contributed by atoms with Gasteiger partial charge in [-0.3, -0.25) is 9.59 Å². The van der Waals surface area contributed by atoms with E-state index in [1.165, 1.54) is 27.4 Å². The predicted octanol–water partition coefficient (Wildman–Crippen LogP) is 4.43. The van der Waals surface area contributed by atoms with Crippen LogP contribution in [0.4, 0.5) is 30.2 Å². The molecule has 0 saturated carbocycles. The van der Waals surface area contributed by atoms with E-state index >= 15 is 0 Å². The van der Waals surface area contributed by atoms with E-state index in [9.17, 15) is 22.8 Å². The Morgan fingerprint density at radius 3 is 2.76 bits per heavy atom. The maximum Gasteiger partial charge on any atom is 0.285 e. The Morgan fingerprint density at radius 2 is 2.03 bits per heavy atom. The van der Waals surface area contributed by atoms with E-state index in [0.717, 1.165) is 0 Å². The SMILES string of the molecule is CC1CC(=O)Nc2cccc(C(=O)Nc3cccc(CC(F)(F)C(F)P)c3)c2N1. The van der Waals surface area contributed by atoms with Crippen molar-refractivity contribution in [3.8, 4) is 0 Å². The summed E-state index contributed by atoms with van der Waals surface area (Å²) in [5, 5.41) is 8.59. The van der Waals surface area contributed by atoms with Crippen LogP contribution in [0.1, 0.15) is 29.3 Å². The molecule has 3 N–H and O–H groups in total. The molecule has 9 heteroatoms. The van der Waals surface area contributed by atoms with E-state index in [2.05, 4.69) is 16.0 Å².